The molecular formula is C17H15N5O2S3. The molecule has 0 aliphatic rings. The first-order valence-electron chi connectivity index (χ1n) is 8.13. The van der Waals surface area contributed by atoms with Crippen molar-refractivity contribution in [3.8, 4) is 0 Å². The Hall–Kier alpha value is -2.43. The molecule has 138 valence electrons. The van der Waals surface area contributed by atoms with E-state index >= 15 is 0 Å². The monoisotopic (exact) mass is 417 g/mol. The average molecular weight is 418 g/mol. The third-order valence-electron chi connectivity index (χ3n) is 3.58. The molecule has 0 bridgehead atoms. The highest BCUT2D eigenvalue weighted by molar-refractivity contribution is 8.00. The molecule has 0 spiro atoms. The summed E-state index contributed by atoms with van der Waals surface area (Å²) in [5, 5.41) is 6.11. The van der Waals surface area contributed by atoms with Gasteiger partial charge in [-0.25, -0.2) is 19.7 Å². The zero-order valence-corrected chi connectivity index (χ0v) is 16.7. The lowest BCUT2D eigenvalue weighted by molar-refractivity contribution is 0.262. The highest BCUT2D eigenvalue weighted by atomic mass is 32.2. The van der Waals surface area contributed by atoms with Crippen molar-refractivity contribution in [2.45, 2.75) is 23.3 Å². The topological polar surface area (TPSA) is 92.9 Å². The van der Waals surface area contributed by atoms with E-state index in [1.165, 1.54) is 22.7 Å². The number of aryl methyl sites for hydroxylation is 1. The van der Waals surface area contributed by atoms with Gasteiger partial charge in [0.1, 0.15) is 5.76 Å². The number of benzene rings is 1. The Bertz CT molecular complexity index is 1070. The molecule has 0 saturated carbocycles. The van der Waals surface area contributed by atoms with Crippen LogP contribution in [0.5, 0.6) is 0 Å². The van der Waals surface area contributed by atoms with E-state index in [2.05, 4.69) is 25.6 Å². The summed E-state index contributed by atoms with van der Waals surface area (Å²) in [6, 6.07) is 5.28. The summed E-state index contributed by atoms with van der Waals surface area (Å²) in [7, 11) is 0. The van der Waals surface area contributed by atoms with E-state index in [9.17, 15) is 4.79 Å². The lowest BCUT2D eigenvalue weighted by Crippen LogP contribution is -2.19. The van der Waals surface area contributed by atoms with Gasteiger partial charge in [-0.2, -0.15) is 0 Å². The Morgan fingerprint density at radius 1 is 1.22 bits per heavy atom. The molecule has 27 heavy (non-hydrogen) atoms. The maximum atomic E-state index is 12.2. The average Bonchev–Trinajstić information content (AvgIpc) is 3.40. The van der Waals surface area contributed by atoms with Crippen LogP contribution in [0.3, 0.4) is 0 Å². The fraction of sp³-hybridized carbons (Fsp3) is 0.176. The second-order valence-corrected chi connectivity index (χ2v) is 8.65. The Morgan fingerprint density at radius 2 is 2.15 bits per heavy atom. The second-order valence-electron chi connectivity index (χ2n) is 5.46. The number of oxazole rings is 1. The minimum atomic E-state index is -0.329. The molecule has 0 aliphatic carbocycles. The smallest absolute Gasteiger partial charge is 0.325 e. The summed E-state index contributed by atoms with van der Waals surface area (Å²) < 4.78 is 7.59. The molecular weight excluding hydrogens is 402 g/mol. The maximum absolute atomic E-state index is 12.2. The number of fused-ring (bicyclic) bond motifs is 1. The van der Waals surface area contributed by atoms with Gasteiger partial charge in [-0.15, -0.1) is 23.1 Å². The van der Waals surface area contributed by atoms with Gasteiger partial charge in [0, 0.05) is 12.1 Å². The van der Waals surface area contributed by atoms with Crippen molar-refractivity contribution in [3.05, 3.63) is 47.8 Å². The van der Waals surface area contributed by atoms with Crippen molar-refractivity contribution in [1.82, 2.24) is 15.0 Å². The fourth-order valence-electron chi connectivity index (χ4n) is 2.29. The number of aromatic nitrogens is 3. The molecule has 3 aromatic heterocycles. The van der Waals surface area contributed by atoms with Gasteiger partial charge in [0.2, 0.25) is 5.89 Å². The number of anilines is 2. The van der Waals surface area contributed by atoms with E-state index < -0.39 is 0 Å². The molecule has 7 nitrogen and oxygen atoms in total. The van der Waals surface area contributed by atoms with E-state index in [1.54, 1.807) is 29.7 Å². The van der Waals surface area contributed by atoms with Crippen LogP contribution >= 0.6 is 34.4 Å². The molecule has 0 atom stereocenters. The van der Waals surface area contributed by atoms with Gasteiger partial charge in [0.15, 0.2) is 5.13 Å². The third-order valence-corrected chi connectivity index (χ3v) is 6.47. The lowest BCUT2D eigenvalue weighted by Gasteiger charge is -2.05. The summed E-state index contributed by atoms with van der Waals surface area (Å²) in [6.07, 6.45) is 4.32. The maximum Gasteiger partial charge on any atom is 0.325 e. The van der Waals surface area contributed by atoms with Crippen LogP contribution in [0.25, 0.3) is 10.2 Å². The van der Waals surface area contributed by atoms with Crippen molar-refractivity contribution in [1.29, 1.82) is 0 Å². The van der Waals surface area contributed by atoms with Crippen LogP contribution in [0.2, 0.25) is 0 Å². The predicted molar refractivity (Wildman–Crippen MR) is 110 cm³/mol. The van der Waals surface area contributed by atoms with E-state index in [0.717, 1.165) is 26.6 Å². The first-order valence-corrected chi connectivity index (χ1v) is 10.8. The van der Waals surface area contributed by atoms with Crippen molar-refractivity contribution >= 4 is 61.5 Å². The van der Waals surface area contributed by atoms with Crippen LogP contribution in [0, 0.1) is 0 Å². The molecule has 0 fully saturated rings. The minimum absolute atomic E-state index is 0.329. The molecule has 3 heterocycles. The molecule has 4 rings (SSSR count). The highest BCUT2D eigenvalue weighted by Crippen LogP contribution is 2.30. The number of thioether (sulfide) groups is 1. The van der Waals surface area contributed by atoms with E-state index in [-0.39, 0.29) is 6.03 Å². The number of amides is 2. The summed E-state index contributed by atoms with van der Waals surface area (Å²) in [5.41, 5.74) is 3.42. The Labute approximate surface area is 167 Å². The zero-order valence-electron chi connectivity index (χ0n) is 14.3. The van der Waals surface area contributed by atoms with Crippen molar-refractivity contribution in [2.75, 3.05) is 10.6 Å². The zero-order chi connectivity index (χ0) is 18.6. The van der Waals surface area contributed by atoms with Gasteiger partial charge < -0.3 is 9.73 Å². The van der Waals surface area contributed by atoms with Crippen LogP contribution in [0.1, 0.15) is 18.6 Å². The van der Waals surface area contributed by atoms with Gasteiger partial charge in [-0.3, -0.25) is 5.32 Å². The molecule has 0 saturated heterocycles. The van der Waals surface area contributed by atoms with Gasteiger partial charge >= 0.3 is 6.03 Å². The van der Waals surface area contributed by atoms with Gasteiger partial charge in [0.05, 0.1) is 38.1 Å². The molecule has 1 aromatic carbocycles. The van der Waals surface area contributed by atoms with Crippen LogP contribution in [0.15, 0.2) is 44.7 Å². The number of carbonyl (C=O) groups excluding carboxylic acids is 1. The summed E-state index contributed by atoms with van der Waals surface area (Å²) in [5.74, 6) is 2.20. The van der Waals surface area contributed by atoms with Crippen LogP contribution in [-0.2, 0) is 12.2 Å². The predicted octanol–water partition coefficient (Wildman–Crippen LogP) is 5.24. The van der Waals surface area contributed by atoms with Crippen LogP contribution < -0.4 is 10.6 Å². The fourth-order valence-corrected chi connectivity index (χ4v) is 4.72. The number of hydrogen-bond acceptors (Lipinski definition) is 8. The molecule has 0 radical (unpaired) electrons. The van der Waals surface area contributed by atoms with Crippen LogP contribution in [0.4, 0.5) is 15.6 Å². The number of nitrogens with zero attached hydrogens (tertiary/aromatic N) is 3. The minimum Gasteiger partial charge on any atom is -0.445 e. The van der Waals surface area contributed by atoms with Gasteiger partial charge in [0.25, 0.3) is 0 Å². The molecule has 4 aromatic rings. The van der Waals surface area contributed by atoms with E-state index in [0.29, 0.717) is 22.5 Å². The number of hydrogen-bond donors (Lipinski definition) is 2. The Balaban J connectivity index is 1.32. The number of urea groups is 1. The number of nitrogens with one attached hydrogen (secondary N) is 2. The van der Waals surface area contributed by atoms with Crippen molar-refractivity contribution in [2.24, 2.45) is 0 Å². The second kappa shape index (κ2) is 8.07. The standard InChI is InChI=1S/C17H15N5O2S3/c1-2-11-6-18-14(24-11)8-25-15-7-19-17(27-15)22-16(23)21-10-3-4-12-13(5-10)26-9-20-12/h3-7,9H,2,8H2,1H3,(H2,19,21,22,23). The molecule has 2 N–H and O–H groups in total. The van der Waals surface area contributed by atoms with Crippen molar-refractivity contribution in [3.63, 3.8) is 0 Å². The summed E-state index contributed by atoms with van der Waals surface area (Å²) in [6.45, 7) is 2.03. The molecule has 0 unspecified atom stereocenters. The van der Waals surface area contributed by atoms with Crippen molar-refractivity contribution < 1.29 is 9.21 Å². The first-order chi connectivity index (χ1) is 13.2. The summed E-state index contributed by atoms with van der Waals surface area (Å²) >= 11 is 4.52. The lowest BCUT2D eigenvalue weighted by atomic mass is 10.3. The van der Waals surface area contributed by atoms with Gasteiger partial charge in [-0.1, -0.05) is 18.3 Å². The number of thiazole rings is 2. The number of carbonyl (C=O) groups is 1. The quantitative estimate of drug-likeness (QED) is 0.417. The SMILES string of the molecule is CCc1cnc(CSc2cnc(NC(=O)Nc3ccc4ncsc4c3)s2)o1. The highest BCUT2D eigenvalue weighted by Gasteiger charge is 2.10. The Morgan fingerprint density at radius 3 is 3.00 bits per heavy atom. The third kappa shape index (κ3) is 4.46. The first kappa shape index (κ1) is 18.0. The molecule has 0 aliphatic heterocycles. The molecule has 10 heteroatoms. The van der Waals surface area contributed by atoms with Crippen LogP contribution in [-0.4, -0.2) is 21.0 Å². The largest absolute Gasteiger partial charge is 0.445 e. The van der Waals surface area contributed by atoms with E-state index in [1.807, 2.05) is 25.1 Å². The Kier molecular flexibility index (Phi) is 5.37. The molecule has 2 amide bonds. The van der Waals surface area contributed by atoms with Gasteiger partial charge in [-0.05, 0) is 18.2 Å². The summed E-state index contributed by atoms with van der Waals surface area (Å²) in [4.78, 5) is 24.9. The van der Waals surface area contributed by atoms with E-state index in [4.69, 9.17) is 4.42 Å². The normalized spacial score (nSPS) is 11.0. The number of rotatable bonds is 6.